The van der Waals surface area contributed by atoms with Crippen LogP contribution in [0.15, 0.2) is 41.3 Å². The molecule has 0 fully saturated rings. The smallest absolute Gasteiger partial charge is 0.387 e. The number of anilines is 1. The van der Waals surface area contributed by atoms with Crippen molar-refractivity contribution in [1.82, 2.24) is 0 Å². The zero-order chi connectivity index (χ0) is 21.8. The number of esters is 1. The highest BCUT2D eigenvalue weighted by Gasteiger charge is 2.18. The van der Waals surface area contributed by atoms with Crippen LogP contribution in [0, 0.1) is 0 Å². The molecule has 12 heteroatoms. The minimum absolute atomic E-state index is 0.0575. The molecule has 0 aliphatic heterocycles. The molecule has 0 bridgehead atoms. The fourth-order valence-corrected chi connectivity index (χ4v) is 3.62. The van der Waals surface area contributed by atoms with Gasteiger partial charge in [0.25, 0.3) is 5.91 Å². The zero-order valence-corrected chi connectivity index (χ0v) is 16.9. The van der Waals surface area contributed by atoms with Gasteiger partial charge in [0.05, 0.1) is 20.5 Å². The van der Waals surface area contributed by atoms with Crippen molar-refractivity contribution in [3.05, 3.63) is 52.0 Å². The number of amides is 1. The summed E-state index contributed by atoms with van der Waals surface area (Å²) < 4.78 is 56.7. The van der Waals surface area contributed by atoms with Crippen molar-refractivity contribution >= 4 is 50.6 Å². The van der Waals surface area contributed by atoms with E-state index in [9.17, 15) is 26.8 Å². The zero-order valence-electron chi connectivity index (χ0n) is 14.6. The number of nitrogens with one attached hydrogen (secondary N) is 1. The molecule has 0 aliphatic carbocycles. The van der Waals surface area contributed by atoms with Gasteiger partial charge < -0.3 is 14.8 Å². The number of sulfone groups is 1. The summed E-state index contributed by atoms with van der Waals surface area (Å²) in [4.78, 5) is 23.7. The number of ether oxygens (including phenoxy) is 2. The van der Waals surface area contributed by atoms with Crippen LogP contribution in [0.1, 0.15) is 10.4 Å². The normalized spacial score (nSPS) is 11.2. The Morgan fingerprint density at radius 1 is 1.10 bits per heavy atom. The van der Waals surface area contributed by atoms with Gasteiger partial charge in [0.1, 0.15) is 5.75 Å². The van der Waals surface area contributed by atoms with Crippen molar-refractivity contribution in [2.24, 2.45) is 0 Å². The third-order valence-corrected chi connectivity index (χ3v) is 5.21. The molecule has 0 heterocycles. The molecule has 0 unspecified atom stereocenters. The first-order valence-electron chi connectivity index (χ1n) is 7.68. The van der Waals surface area contributed by atoms with Crippen LogP contribution in [0.3, 0.4) is 0 Å². The molecule has 156 valence electrons. The summed E-state index contributed by atoms with van der Waals surface area (Å²) in [7, 11) is -3.67. The lowest BCUT2D eigenvalue weighted by Gasteiger charge is -2.10. The van der Waals surface area contributed by atoms with Crippen molar-refractivity contribution in [3.8, 4) is 5.75 Å². The molecule has 0 saturated carbocycles. The first-order chi connectivity index (χ1) is 13.5. The van der Waals surface area contributed by atoms with Crippen LogP contribution in [-0.4, -0.2) is 39.8 Å². The molecule has 0 spiro atoms. The van der Waals surface area contributed by atoms with Crippen LogP contribution in [0.4, 0.5) is 14.5 Å². The topological polar surface area (TPSA) is 98.8 Å². The Balaban J connectivity index is 1.99. The number of hydrogen-bond donors (Lipinski definition) is 1. The number of hydrogen-bond acceptors (Lipinski definition) is 6. The molecule has 1 amide bonds. The predicted molar refractivity (Wildman–Crippen MR) is 102 cm³/mol. The summed E-state index contributed by atoms with van der Waals surface area (Å²) >= 11 is 11.6. The van der Waals surface area contributed by atoms with Gasteiger partial charge in [-0.05, 0) is 36.4 Å². The van der Waals surface area contributed by atoms with Gasteiger partial charge in [0.15, 0.2) is 16.4 Å². The van der Waals surface area contributed by atoms with E-state index in [4.69, 9.17) is 27.9 Å². The Kier molecular flexibility index (Phi) is 7.39. The van der Waals surface area contributed by atoms with Crippen LogP contribution in [0.2, 0.25) is 10.0 Å². The molecular formula is C17H13Cl2F2NO6S. The van der Waals surface area contributed by atoms with E-state index in [1.807, 2.05) is 0 Å². The molecule has 0 aliphatic rings. The van der Waals surface area contributed by atoms with E-state index < -0.39 is 34.9 Å². The SMILES string of the molecule is CS(=O)(=O)c1cc(C(=O)OCC(=O)Nc2ccc(OC(F)F)c(Cl)c2)ccc1Cl. The molecule has 2 aromatic carbocycles. The fourth-order valence-electron chi connectivity index (χ4n) is 2.10. The first kappa shape index (κ1) is 22.9. The summed E-state index contributed by atoms with van der Waals surface area (Å²) in [6.07, 6.45) is 0.930. The van der Waals surface area contributed by atoms with Gasteiger partial charge in [0, 0.05) is 11.9 Å². The van der Waals surface area contributed by atoms with Gasteiger partial charge in [-0.25, -0.2) is 13.2 Å². The quantitative estimate of drug-likeness (QED) is 0.621. The summed E-state index contributed by atoms with van der Waals surface area (Å²) in [5.74, 6) is -1.95. The Labute approximate surface area is 174 Å². The molecule has 0 aromatic heterocycles. The first-order valence-corrected chi connectivity index (χ1v) is 10.3. The summed E-state index contributed by atoms with van der Waals surface area (Å²) in [6, 6.07) is 7.09. The van der Waals surface area contributed by atoms with Crippen LogP contribution in [0.5, 0.6) is 5.75 Å². The van der Waals surface area contributed by atoms with E-state index in [-0.39, 0.29) is 31.9 Å². The van der Waals surface area contributed by atoms with Gasteiger partial charge in [-0.3, -0.25) is 4.79 Å². The highest BCUT2D eigenvalue weighted by atomic mass is 35.5. The van der Waals surface area contributed by atoms with E-state index in [1.54, 1.807) is 0 Å². The Morgan fingerprint density at radius 2 is 1.79 bits per heavy atom. The number of carbonyl (C=O) groups excluding carboxylic acids is 2. The lowest BCUT2D eigenvalue weighted by atomic mass is 10.2. The molecule has 0 radical (unpaired) electrons. The van der Waals surface area contributed by atoms with Crippen LogP contribution in [-0.2, 0) is 19.4 Å². The highest BCUT2D eigenvalue weighted by molar-refractivity contribution is 7.90. The number of halogens is 4. The number of benzene rings is 2. The van der Waals surface area contributed by atoms with Crippen LogP contribution in [0.25, 0.3) is 0 Å². The van der Waals surface area contributed by atoms with E-state index in [1.165, 1.54) is 24.3 Å². The van der Waals surface area contributed by atoms with Gasteiger partial charge >= 0.3 is 12.6 Å². The van der Waals surface area contributed by atoms with Gasteiger partial charge in [-0.15, -0.1) is 0 Å². The van der Waals surface area contributed by atoms with Crippen LogP contribution < -0.4 is 10.1 Å². The third-order valence-electron chi connectivity index (χ3n) is 3.33. The van der Waals surface area contributed by atoms with Gasteiger partial charge in [0.2, 0.25) is 0 Å². The van der Waals surface area contributed by atoms with Crippen LogP contribution >= 0.6 is 23.2 Å². The average molecular weight is 468 g/mol. The molecule has 0 atom stereocenters. The van der Waals surface area contributed by atoms with Gasteiger partial charge in [-0.1, -0.05) is 23.2 Å². The van der Waals surface area contributed by atoms with Crippen molar-refractivity contribution in [2.75, 3.05) is 18.2 Å². The molecular weight excluding hydrogens is 455 g/mol. The minimum Gasteiger partial charge on any atom is -0.452 e. The van der Waals surface area contributed by atoms with E-state index in [0.717, 1.165) is 18.4 Å². The molecule has 0 saturated heterocycles. The maximum atomic E-state index is 12.2. The van der Waals surface area contributed by atoms with Crippen molar-refractivity contribution < 1.29 is 36.3 Å². The van der Waals surface area contributed by atoms with Crippen molar-refractivity contribution in [1.29, 1.82) is 0 Å². The summed E-state index contributed by atoms with van der Waals surface area (Å²) in [5, 5.41) is 2.14. The van der Waals surface area contributed by atoms with E-state index >= 15 is 0 Å². The number of carbonyl (C=O) groups is 2. The Bertz CT molecular complexity index is 1050. The second-order valence-corrected chi connectivity index (χ2v) is 8.36. The highest BCUT2D eigenvalue weighted by Crippen LogP contribution is 2.29. The van der Waals surface area contributed by atoms with Crippen molar-refractivity contribution in [3.63, 3.8) is 0 Å². The molecule has 29 heavy (non-hydrogen) atoms. The predicted octanol–water partition coefficient (Wildman–Crippen LogP) is 3.79. The second-order valence-electron chi connectivity index (χ2n) is 5.57. The molecule has 7 nitrogen and oxygen atoms in total. The molecule has 1 N–H and O–H groups in total. The van der Waals surface area contributed by atoms with E-state index in [2.05, 4.69) is 10.1 Å². The fraction of sp³-hybridized carbons (Fsp3) is 0.176. The second kappa shape index (κ2) is 9.38. The third kappa shape index (κ3) is 6.55. The lowest BCUT2D eigenvalue weighted by molar-refractivity contribution is -0.119. The lowest BCUT2D eigenvalue weighted by Crippen LogP contribution is -2.21. The average Bonchev–Trinajstić information content (AvgIpc) is 2.61. The largest absolute Gasteiger partial charge is 0.452 e. The van der Waals surface area contributed by atoms with E-state index in [0.29, 0.717) is 0 Å². The summed E-state index contributed by atoms with van der Waals surface area (Å²) in [5.41, 5.74) is 0.0442. The van der Waals surface area contributed by atoms with Gasteiger partial charge in [-0.2, -0.15) is 8.78 Å². The standard InChI is InChI=1S/C17H13Cl2F2NO6S/c1-29(25,26)14-6-9(2-4-11(14)18)16(24)27-8-15(23)22-10-3-5-13(12(19)7-10)28-17(20)21/h2-7,17H,8H2,1H3,(H,22,23). The Hall–Kier alpha value is -2.43. The summed E-state index contributed by atoms with van der Waals surface area (Å²) in [6.45, 7) is -3.74. The number of alkyl halides is 2. The maximum Gasteiger partial charge on any atom is 0.387 e. The molecule has 2 rings (SSSR count). The minimum atomic E-state index is -3.67. The monoisotopic (exact) mass is 467 g/mol. The number of rotatable bonds is 7. The molecule has 2 aromatic rings. The Morgan fingerprint density at radius 3 is 2.38 bits per heavy atom. The maximum absolute atomic E-state index is 12.2. The van der Waals surface area contributed by atoms with Crippen molar-refractivity contribution in [2.45, 2.75) is 11.5 Å².